The molecule has 2 rings (SSSR count). The molecule has 0 aliphatic rings. The second-order valence-corrected chi connectivity index (χ2v) is 3.54. The first-order valence-corrected chi connectivity index (χ1v) is 4.98. The Morgan fingerprint density at radius 3 is 2.50 bits per heavy atom. The summed E-state index contributed by atoms with van der Waals surface area (Å²) in [5.41, 5.74) is 0.124. The zero-order valence-electron chi connectivity index (χ0n) is 9.34. The molecular weight excluding hydrogens is 249 g/mol. The molecule has 1 aromatic carbocycles. The summed E-state index contributed by atoms with van der Waals surface area (Å²) < 4.78 is 49.8. The van der Waals surface area contributed by atoms with E-state index in [1.807, 2.05) is 0 Å². The van der Waals surface area contributed by atoms with Gasteiger partial charge in [0.05, 0.1) is 25.5 Å². The van der Waals surface area contributed by atoms with E-state index in [-0.39, 0.29) is 17.9 Å². The molecule has 0 saturated carbocycles. The third-order valence-electron chi connectivity index (χ3n) is 2.42. The van der Waals surface area contributed by atoms with Gasteiger partial charge in [0.25, 0.3) is 0 Å². The van der Waals surface area contributed by atoms with Crippen molar-refractivity contribution in [3.05, 3.63) is 41.4 Å². The zero-order valence-corrected chi connectivity index (χ0v) is 9.34. The van der Waals surface area contributed by atoms with Crippen LogP contribution in [0.3, 0.4) is 0 Å². The van der Waals surface area contributed by atoms with Gasteiger partial charge < -0.3 is 14.3 Å². The van der Waals surface area contributed by atoms with Crippen LogP contribution in [0, 0.1) is 17.5 Å². The molecule has 1 aromatic heterocycles. The summed E-state index contributed by atoms with van der Waals surface area (Å²) in [5.74, 6) is -4.53. The highest BCUT2D eigenvalue weighted by Gasteiger charge is 2.22. The van der Waals surface area contributed by atoms with Gasteiger partial charge in [-0.15, -0.1) is 0 Å². The lowest BCUT2D eigenvalue weighted by molar-refractivity contribution is 0.280. The first-order valence-electron chi connectivity index (χ1n) is 4.98. The Balaban J connectivity index is 2.60. The molecule has 0 unspecified atom stereocenters. The van der Waals surface area contributed by atoms with E-state index in [9.17, 15) is 13.2 Å². The summed E-state index contributed by atoms with van der Waals surface area (Å²) >= 11 is 0. The fourth-order valence-electron chi connectivity index (χ4n) is 1.54. The summed E-state index contributed by atoms with van der Waals surface area (Å²) in [5, 5.41) is 8.85. The fraction of sp³-hybridized carbons (Fsp3) is 0.167. The third kappa shape index (κ3) is 1.95. The molecule has 3 nitrogen and oxygen atoms in total. The molecule has 0 aliphatic carbocycles. The number of aliphatic hydroxyl groups excluding tert-OH is 1. The molecule has 6 heteroatoms. The molecular formula is C12H9F3O3. The number of aliphatic hydroxyl groups is 1. The van der Waals surface area contributed by atoms with Crippen LogP contribution in [0.2, 0.25) is 0 Å². The molecule has 0 fully saturated rings. The van der Waals surface area contributed by atoms with Gasteiger partial charge in [0, 0.05) is 5.56 Å². The lowest BCUT2D eigenvalue weighted by Crippen LogP contribution is -1.98. The molecule has 18 heavy (non-hydrogen) atoms. The number of methoxy groups -OCH3 is 1. The van der Waals surface area contributed by atoms with E-state index in [4.69, 9.17) is 9.52 Å². The number of ether oxygens (including phenoxy) is 1. The highest BCUT2D eigenvalue weighted by molar-refractivity contribution is 5.62. The van der Waals surface area contributed by atoms with Crippen molar-refractivity contribution < 1.29 is 27.4 Å². The summed E-state index contributed by atoms with van der Waals surface area (Å²) in [6.45, 7) is -0.300. The standard InChI is InChI=1S/C12H9F3O3/c1-17-12-10(14)7(3-8(13)11(12)15)9-2-6(4-16)5-18-9/h2-3,5,16H,4H2,1H3. The molecule has 0 aliphatic heterocycles. The number of benzene rings is 1. The lowest BCUT2D eigenvalue weighted by atomic mass is 10.1. The number of furan rings is 1. The van der Waals surface area contributed by atoms with Crippen molar-refractivity contribution in [3.63, 3.8) is 0 Å². The van der Waals surface area contributed by atoms with Crippen LogP contribution in [-0.4, -0.2) is 12.2 Å². The van der Waals surface area contributed by atoms with Gasteiger partial charge in [-0.2, -0.15) is 4.39 Å². The molecule has 2 aromatic rings. The van der Waals surface area contributed by atoms with Gasteiger partial charge in [-0.25, -0.2) is 8.78 Å². The monoisotopic (exact) mass is 258 g/mol. The van der Waals surface area contributed by atoms with E-state index in [2.05, 4.69) is 4.74 Å². The van der Waals surface area contributed by atoms with Crippen molar-refractivity contribution >= 4 is 0 Å². The quantitative estimate of drug-likeness (QED) is 0.861. The van der Waals surface area contributed by atoms with E-state index < -0.39 is 23.2 Å². The SMILES string of the molecule is COc1c(F)c(F)cc(-c2cc(CO)co2)c1F. The molecule has 1 N–H and O–H groups in total. The molecule has 0 atom stereocenters. The summed E-state index contributed by atoms with van der Waals surface area (Å²) in [6, 6.07) is 2.00. The summed E-state index contributed by atoms with van der Waals surface area (Å²) in [7, 11) is 1.03. The second-order valence-electron chi connectivity index (χ2n) is 3.54. The van der Waals surface area contributed by atoms with E-state index in [0.717, 1.165) is 7.11 Å². The predicted molar refractivity (Wildman–Crippen MR) is 56.5 cm³/mol. The van der Waals surface area contributed by atoms with E-state index in [1.54, 1.807) is 0 Å². The Kier molecular flexibility index (Phi) is 3.29. The van der Waals surface area contributed by atoms with Crippen LogP contribution in [0.15, 0.2) is 22.8 Å². The Bertz CT molecular complexity index is 578. The van der Waals surface area contributed by atoms with Gasteiger partial charge in [-0.1, -0.05) is 0 Å². The van der Waals surface area contributed by atoms with E-state index in [1.165, 1.54) is 12.3 Å². The van der Waals surface area contributed by atoms with Gasteiger partial charge in [-0.3, -0.25) is 0 Å². The maximum atomic E-state index is 13.9. The largest absolute Gasteiger partial charge is 0.491 e. The van der Waals surface area contributed by atoms with Crippen LogP contribution in [0.5, 0.6) is 5.75 Å². The highest BCUT2D eigenvalue weighted by atomic mass is 19.2. The Morgan fingerprint density at radius 2 is 1.94 bits per heavy atom. The van der Waals surface area contributed by atoms with Gasteiger partial charge in [0.15, 0.2) is 17.4 Å². The molecule has 0 saturated heterocycles. The van der Waals surface area contributed by atoms with Crippen molar-refractivity contribution in [1.29, 1.82) is 0 Å². The van der Waals surface area contributed by atoms with Gasteiger partial charge in [0.2, 0.25) is 5.82 Å². The Morgan fingerprint density at radius 1 is 1.22 bits per heavy atom. The smallest absolute Gasteiger partial charge is 0.203 e. The van der Waals surface area contributed by atoms with Gasteiger partial charge >= 0.3 is 0 Å². The molecule has 0 radical (unpaired) electrons. The van der Waals surface area contributed by atoms with Crippen molar-refractivity contribution in [1.82, 2.24) is 0 Å². The molecule has 0 bridgehead atoms. The number of halogens is 3. The predicted octanol–water partition coefficient (Wildman–Crippen LogP) is 2.86. The van der Waals surface area contributed by atoms with Crippen LogP contribution < -0.4 is 4.74 Å². The lowest BCUT2D eigenvalue weighted by Gasteiger charge is -2.07. The fourth-order valence-corrected chi connectivity index (χ4v) is 1.54. The van der Waals surface area contributed by atoms with Crippen LogP contribution in [-0.2, 0) is 6.61 Å². The number of rotatable bonds is 3. The minimum atomic E-state index is -1.40. The third-order valence-corrected chi connectivity index (χ3v) is 2.42. The second kappa shape index (κ2) is 4.73. The molecule has 1 heterocycles. The van der Waals surface area contributed by atoms with Crippen LogP contribution >= 0.6 is 0 Å². The first kappa shape index (κ1) is 12.5. The van der Waals surface area contributed by atoms with Crippen molar-refractivity contribution in [2.24, 2.45) is 0 Å². The first-order chi connectivity index (χ1) is 8.58. The molecule has 0 amide bonds. The van der Waals surface area contributed by atoms with Gasteiger partial charge in [0.1, 0.15) is 5.76 Å². The number of hydrogen-bond acceptors (Lipinski definition) is 3. The summed E-state index contributed by atoms with van der Waals surface area (Å²) in [4.78, 5) is 0. The van der Waals surface area contributed by atoms with E-state index in [0.29, 0.717) is 11.6 Å². The normalized spacial score (nSPS) is 10.7. The van der Waals surface area contributed by atoms with Crippen LogP contribution in [0.4, 0.5) is 13.2 Å². The van der Waals surface area contributed by atoms with Crippen molar-refractivity contribution in [3.8, 4) is 17.1 Å². The van der Waals surface area contributed by atoms with Crippen LogP contribution in [0.1, 0.15) is 5.56 Å². The van der Waals surface area contributed by atoms with Crippen molar-refractivity contribution in [2.75, 3.05) is 7.11 Å². The minimum absolute atomic E-state index is 0.0197. The Labute approximate surface area is 100 Å². The highest BCUT2D eigenvalue weighted by Crippen LogP contribution is 2.34. The average Bonchev–Trinajstić information content (AvgIpc) is 2.83. The maximum Gasteiger partial charge on any atom is 0.203 e. The van der Waals surface area contributed by atoms with Crippen LogP contribution in [0.25, 0.3) is 11.3 Å². The topological polar surface area (TPSA) is 42.6 Å². The zero-order chi connectivity index (χ0) is 13.3. The maximum absolute atomic E-state index is 13.9. The minimum Gasteiger partial charge on any atom is -0.491 e. The summed E-state index contributed by atoms with van der Waals surface area (Å²) in [6.07, 6.45) is 1.20. The van der Waals surface area contributed by atoms with Crippen molar-refractivity contribution in [2.45, 2.75) is 6.61 Å². The molecule has 0 spiro atoms. The Hall–Kier alpha value is -1.95. The van der Waals surface area contributed by atoms with E-state index >= 15 is 0 Å². The average molecular weight is 258 g/mol. The molecule has 96 valence electrons. The number of hydrogen-bond donors (Lipinski definition) is 1. The van der Waals surface area contributed by atoms with Gasteiger partial charge in [-0.05, 0) is 12.1 Å².